The molecule has 8 heteroatoms. The largest absolute Gasteiger partial charge is 0.497 e. The molecule has 2 saturated heterocycles. The van der Waals surface area contributed by atoms with Gasteiger partial charge in [-0.3, -0.25) is 19.3 Å². The number of carbonyl (C=O) groups is 3. The van der Waals surface area contributed by atoms with Gasteiger partial charge in [0.05, 0.1) is 13.7 Å². The smallest absolute Gasteiger partial charge is 0.257 e. The van der Waals surface area contributed by atoms with Crippen LogP contribution in [-0.2, 0) is 14.3 Å². The Kier molecular flexibility index (Phi) is 7.77. The molecular formula is C24H35N3O5. The molecule has 1 unspecified atom stereocenters. The maximum absolute atomic E-state index is 13.7. The number of amides is 3. The molecule has 176 valence electrons. The van der Waals surface area contributed by atoms with Crippen LogP contribution in [0.25, 0.3) is 0 Å². The average molecular weight is 446 g/mol. The standard InChI is InChI=1S/C24H35N3O5/c1-5-11-25-22(29)20-16-32-24(9-12-26(13-10-24)21(28)14-17(2)3)27(20)23(30)18-7-6-8-19(15-18)31-4/h6-8,15,17,20H,5,9-14,16H2,1-4H3,(H,25,29). The monoisotopic (exact) mass is 445 g/mol. The quantitative estimate of drug-likeness (QED) is 0.696. The van der Waals surface area contributed by atoms with Crippen LogP contribution in [0.5, 0.6) is 5.75 Å². The number of nitrogens with zero attached hydrogens (tertiary/aromatic N) is 2. The van der Waals surface area contributed by atoms with E-state index in [1.807, 2.05) is 25.7 Å². The zero-order chi connectivity index (χ0) is 23.3. The Morgan fingerprint density at radius 3 is 2.59 bits per heavy atom. The van der Waals surface area contributed by atoms with E-state index < -0.39 is 11.8 Å². The molecule has 1 N–H and O–H groups in total. The summed E-state index contributed by atoms with van der Waals surface area (Å²) in [6.07, 6.45) is 2.26. The van der Waals surface area contributed by atoms with Crippen LogP contribution in [0.3, 0.4) is 0 Å². The van der Waals surface area contributed by atoms with Crippen molar-refractivity contribution in [3.05, 3.63) is 29.8 Å². The van der Waals surface area contributed by atoms with Crippen LogP contribution < -0.4 is 10.1 Å². The Bertz CT molecular complexity index is 833. The van der Waals surface area contributed by atoms with Crippen molar-refractivity contribution < 1.29 is 23.9 Å². The second kappa shape index (κ2) is 10.3. The molecule has 1 spiro atoms. The summed E-state index contributed by atoms with van der Waals surface area (Å²) in [7, 11) is 1.55. The van der Waals surface area contributed by atoms with E-state index in [2.05, 4.69) is 5.32 Å². The molecule has 0 radical (unpaired) electrons. The molecule has 1 atom stereocenters. The van der Waals surface area contributed by atoms with Gasteiger partial charge in [0.25, 0.3) is 5.91 Å². The molecule has 2 heterocycles. The van der Waals surface area contributed by atoms with Gasteiger partial charge in [-0.25, -0.2) is 0 Å². The van der Waals surface area contributed by atoms with Gasteiger partial charge in [0, 0.05) is 44.5 Å². The zero-order valence-electron chi connectivity index (χ0n) is 19.6. The van der Waals surface area contributed by atoms with Gasteiger partial charge in [-0.2, -0.15) is 0 Å². The van der Waals surface area contributed by atoms with Crippen molar-refractivity contribution in [2.75, 3.05) is 33.4 Å². The highest BCUT2D eigenvalue weighted by Gasteiger charge is 2.54. The Morgan fingerprint density at radius 2 is 1.97 bits per heavy atom. The van der Waals surface area contributed by atoms with Crippen LogP contribution in [0.2, 0.25) is 0 Å². The summed E-state index contributed by atoms with van der Waals surface area (Å²) in [4.78, 5) is 42.6. The number of benzene rings is 1. The third-order valence-electron chi connectivity index (χ3n) is 6.13. The van der Waals surface area contributed by atoms with Gasteiger partial charge in [-0.15, -0.1) is 0 Å². The Morgan fingerprint density at radius 1 is 1.25 bits per heavy atom. The number of hydrogen-bond acceptors (Lipinski definition) is 5. The van der Waals surface area contributed by atoms with Gasteiger partial charge in [0.15, 0.2) is 0 Å². The Balaban J connectivity index is 1.85. The van der Waals surface area contributed by atoms with Crippen LogP contribution in [-0.4, -0.2) is 72.6 Å². The van der Waals surface area contributed by atoms with E-state index in [-0.39, 0.29) is 24.3 Å². The summed E-state index contributed by atoms with van der Waals surface area (Å²) in [6.45, 7) is 7.71. The van der Waals surface area contributed by atoms with E-state index in [4.69, 9.17) is 9.47 Å². The molecule has 2 aliphatic rings. The molecule has 0 aromatic heterocycles. The number of hydrogen-bond donors (Lipinski definition) is 1. The molecule has 0 aliphatic carbocycles. The lowest BCUT2D eigenvalue weighted by molar-refractivity contribution is -0.144. The summed E-state index contributed by atoms with van der Waals surface area (Å²) in [5, 5.41) is 2.90. The molecule has 8 nitrogen and oxygen atoms in total. The first-order valence-electron chi connectivity index (χ1n) is 11.5. The number of methoxy groups -OCH3 is 1. The molecule has 0 bridgehead atoms. The van der Waals surface area contributed by atoms with Crippen molar-refractivity contribution >= 4 is 17.7 Å². The van der Waals surface area contributed by atoms with Gasteiger partial charge in [-0.05, 0) is 30.5 Å². The van der Waals surface area contributed by atoms with Crippen molar-refractivity contribution in [1.29, 1.82) is 0 Å². The fourth-order valence-electron chi connectivity index (χ4n) is 4.41. The van der Waals surface area contributed by atoms with Crippen LogP contribution in [0.1, 0.15) is 56.8 Å². The molecule has 2 fully saturated rings. The van der Waals surface area contributed by atoms with E-state index in [0.717, 1.165) is 6.42 Å². The highest BCUT2D eigenvalue weighted by Crippen LogP contribution is 2.39. The SMILES string of the molecule is CCCNC(=O)C1COC2(CCN(C(=O)CC(C)C)CC2)N1C(=O)c1cccc(OC)c1. The predicted molar refractivity (Wildman–Crippen MR) is 120 cm³/mol. The zero-order valence-corrected chi connectivity index (χ0v) is 19.6. The maximum atomic E-state index is 13.7. The van der Waals surface area contributed by atoms with Crippen molar-refractivity contribution in [2.45, 2.75) is 58.2 Å². The first kappa shape index (κ1) is 24.0. The first-order chi connectivity index (χ1) is 15.3. The molecule has 3 rings (SSSR count). The molecule has 2 aliphatic heterocycles. The first-order valence-corrected chi connectivity index (χ1v) is 11.5. The number of carbonyl (C=O) groups excluding carboxylic acids is 3. The summed E-state index contributed by atoms with van der Waals surface area (Å²) in [5.41, 5.74) is -0.455. The molecule has 32 heavy (non-hydrogen) atoms. The second-order valence-electron chi connectivity index (χ2n) is 8.95. The molecule has 0 saturated carbocycles. The van der Waals surface area contributed by atoms with E-state index in [1.165, 1.54) is 0 Å². The average Bonchev–Trinajstić information content (AvgIpc) is 3.15. The van der Waals surface area contributed by atoms with Crippen molar-refractivity contribution in [3.8, 4) is 5.75 Å². The van der Waals surface area contributed by atoms with E-state index in [0.29, 0.717) is 56.1 Å². The number of likely N-dealkylation sites (tertiary alicyclic amines) is 1. The number of piperidine rings is 1. The lowest BCUT2D eigenvalue weighted by Crippen LogP contribution is -2.59. The normalized spacial score (nSPS) is 20.0. The summed E-state index contributed by atoms with van der Waals surface area (Å²) < 4.78 is 11.5. The third kappa shape index (κ3) is 5.06. The van der Waals surface area contributed by atoms with Crippen molar-refractivity contribution in [3.63, 3.8) is 0 Å². The number of rotatable bonds is 7. The van der Waals surface area contributed by atoms with Gasteiger partial charge in [0.2, 0.25) is 11.8 Å². The van der Waals surface area contributed by atoms with Crippen LogP contribution >= 0.6 is 0 Å². The highest BCUT2D eigenvalue weighted by atomic mass is 16.5. The summed E-state index contributed by atoms with van der Waals surface area (Å²) in [5.74, 6) is 0.513. The van der Waals surface area contributed by atoms with E-state index >= 15 is 0 Å². The van der Waals surface area contributed by atoms with Crippen molar-refractivity contribution in [2.24, 2.45) is 5.92 Å². The van der Waals surface area contributed by atoms with Gasteiger partial charge in [0.1, 0.15) is 17.5 Å². The second-order valence-corrected chi connectivity index (χ2v) is 8.95. The minimum absolute atomic E-state index is 0.121. The topological polar surface area (TPSA) is 88.2 Å². The van der Waals surface area contributed by atoms with Crippen LogP contribution in [0, 0.1) is 5.92 Å². The predicted octanol–water partition coefficient (Wildman–Crippen LogP) is 2.43. The lowest BCUT2D eigenvalue weighted by Gasteiger charge is -2.44. The lowest BCUT2D eigenvalue weighted by atomic mass is 9.96. The molecular weight excluding hydrogens is 410 g/mol. The molecule has 3 amide bonds. The Labute approximate surface area is 190 Å². The fourth-order valence-corrected chi connectivity index (χ4v) is 4.41. The summed E-state index contributed by atoms with van der Waals surface area (Å²) >= 11 is 0. The van der Waals surface area contributed by atoms with Gasteiger partial charge >= 0.3 is 0 Å². The van der Waals surface area contributed by atoms with Crippen LogP contribution in [0.15, 0.2) is 24.3 Å². The van der Waals surface area contributed by atoms with Crippen LogP contribution in [0.4, 0.5) is 0 Å². The van der Waals surface area contributed by atoms with E-state index in [1.54, 1.807) is 36.3 Å². The molecule has 1 aromatic carbocycles. The van der Waals surface area contributed by atoms with Gasteiger partial charge < -0.3 is 19.7 Å². The summed E-state index contributed by atoms with van der Waals surface area (Å²) in [6, 6.07) is 6.22. The minimum Gasteiger partial charge on any atom is -0.497 e. The van der Waals surface area contributed by atoms with E-state index in [9.17, 15) is 14.4 Å². The van der Waals surface area contributed by atoms with Gasteiger partial charge in [-0.1, -0.05) is 26.8 Å². The third-order valence-corrected chi connectivity index (χ3v) is 6.13. The Hall–Kier alpha value is -2.61. The van der Waals surface area contributed by atoms with Crippen molar-refractivity contribution in [1.82, 2.24) is 15.1 Å². The highest BCUT2D eigenvalue weighted by molar-refractivity contribution is 5.98. The molecule has 1 aromatic rings. The minimum atomic E-state index is -0.900. The maximum Gasteiger partial charge on any atom is 0.257 e. The number of nitrogens with one attached hydrogen (secondary N) is 1. The fraction of sp³-hybridized carbons (Fsp3) is 0.625. The number of ether oxygens (including phenoxy) is 2.